The molecule has 0 aromatic heterocycles. The van der Waals surface area contributed by atoms with Gasteiger partial charge < -0.3 is 5.32 Å². The fourth-order valence-electron chi connectivity index (χ4n) is 3.82. The number of fused-ring (bicyclic) bond motifs is 2. The second-order valence-corrected chi connectivity index (χ2v) is 5.83. The minimum atomic E-state index is 0. The summed E-state index contributed by atoms with van der Waals surface area (Å²) in [7, 11) is 0. The maximum Gasteiger partial charge on any atom is 0.234 e. The van der Waals surface area contributed by atoms with E-state index in [4.69, 9.17) is 0 Å². The average molecular weight is 259 g/mol. The second-order valence-electron chi connectivity index (χ2n) is 5.83. The quantitative estimate of drug-likeness (QED) is 0.838. The molecule has 1 saturated heterocycles. The van der Waals surface area contributed by atoms with Gasteiger partial charge in [0.1, 0.15) is 0 Å². The van der Waals surface area contributed by atoms with Gasteiger partial charge in [0.15, 0.2) is 0 Å². The van der Waals surface area contributed by atoms with Crippen molar-refractivity contribution in [1.82, 2.24) is 10.2 Å². The van der Waals surface area contributed by atoms with Gasteiger partial charge in [-0.3, -0.25) is 9.69 Å². The van der Waals surface area contributed by atoms with E-state index in [1.54, 1.807) is 0 Å². The maximum atomic E-state index is 11.9. The van der Waals surface area contributed by atoms with Gasteiger partial charge in [0.05, 0.1) is 6.54 Å². The fraction of sp³-hybridized carbons (Fsp3) is 0.923. The van der Waals surface area contributed by atoms with Crippen LogP contribution in [0.2, 0.25) is 0 Å². The summed E-state index contributed by atoms with van der Waals surface area (Å²) in [6, 6.07) is 0.508. The first kappa shape index (κ1) is 13.2. The number of nitrogens with one attached hydrogen (secondary N) is 1. The molecule has 4 heteroatoms. The normalized spacial score (nSPS) is 35.9. The summed E-state index contributed by atoms with van der Waals surface area (Å²) in [6.45, 7) is 2.86. The minimum Gasteiger partial charge on any atom is -0.352 e. The van der Waals surface area contributed by atoms with Crippen LogP contribution in [-0.4, -0.2) is 36.5 Å². The van der Waals surface area contributed by atoms with E-state index in [9.17, 15) is 4.79 Å². The predicted octanol–water partition coefficient (Wildman–Crippen LogP) is 1.81. The lowest BCUT2D eigenvalue weighted by molar-refractivity contribution is -0.123. The lowest BCUT2D eigenvalue weighted by Crippen LogP contribution is -2.43. The zero-order valence-corrected chi connectivity index (χ0v) is 11.2. The molecule has 0 spiro atoms. The molecule has 98 valence electrons. The van der Waals surface area contributed by atoms with Crippen LogP contribution in [0.4, 0.5) is 0 Å². The lowest BCUT2D eigenvalue weighted by Gasteiger charge is -2.24. The molecule has 3 fully saturated rings. The van der Waals surface area contributed by atoms with Crippen LogP contribution in [-0.2, 0) is 4.79 Å². The van der Waals surface area contributed by atoms with Gasteiger partial charge in [-0.2, -0.15) is 0 Å². The van der Waals surface area contributed by atoms with Gasteiger partial charge in [0.2, 0.25) is 5.91 Å². The van der Waals surface area contributed by atoms with Crippen LogP contribution in [0.25, 0.3) is 0 Å². The zero-order chi connectivity index (χ0) is 11.0. The van der Waals surface area contributed by atoms with Crippen molar-refractivity contribution in [3.63, 3.8) is 0 Å². The lowest BCUT2D eigenvalue weighted by atomic mass is 9.95. The summed E-state index contributed by atoms with van der Waals surface area (Å²) in [5.41, 5.74) is 0. The summed E-state index contributed by atoms with van der Waals surface area (Å²) in [5, 5.41) is 3.26. The van der Waals surface area contributed by atoms with Crippen molar-refractivity contribution in [2.45, 2.75) is 44.6 Å². The Bertz CT molecular complexity index is 279. The number of hydrogen-bond donors (Lipinski definition) is 1. The van der Waals surface area contributed by atoms with E-state index in [1.165, 1.54) is 38.5 Å². The average Bonchev–Trinajstić information content (AvgIpc) is 2.92. The number of hydrogen-bond acceptors (Lipinski definition) is 2. The predicted molar refractivity (Wildman–Crippen MR) is 70.3 cm³/mol. The van der Waals surface area contributed by atoms with E-state index in [0.717, 1.165) is 24.9 Å². The molecule has 3 aliphatic rings. The van der Waals surface area contributed by atoms with Gasteiger partial charge in [-0.25, -0.2) is 0 Å². The summed E-state index contributed by atoms with van der Waals surface area (Å²) in [5.74, 6) is 1.98. The Morgan fingerprint density at radius 3 is 2.53 bits per heavy atom. The molecule has 2 saturated carbocycles. The third-order valence-corrected chi connectivity index (χ3v) is 4.65. The summed E-state index contributed by atoms with van der Waals surface area (Å²) in [4.78, 5) is 14.2. The largest absolute Gasteiger partial charge is 0.352 e. The van der Waals surface area contributed by atoms with Gasteiger partial charge in [-0.1, -0.05) is 6.42 Å². The van der Waals surface area contributed by atoms with Gasteiger partial charge in [-0.15, -0.1) is 12.4 Å². The van der Waals surface area contributed by atoms with Crippen molar-refractivity contribution in [3.8, 4) is 0 Å². The van der Waals surface area contributed by atoms with Crippen molar-refractivity contribution in [2.24, 2.45) is 11.8 Å². The van der Waals surface area contributed by atoms with E-state index in [1.807, 2.05) is 0 Å². The molecule has 2 aliphatic carbocycles. The third kappa shape index (κ3) is 2.94. The van der Waals surface area contributed by atoms with Crippen molar-refractivity contribution >= 4 is 18.3 Å². The second kappa shape index (κ2) is 5.57. The molecule has 3 atom stereocenters. The van der Waals surface area contributed by atoms with Crippen molar-refractivity contribution < 1.29 is 4.79 Å². The molecule has 17 heavy (non-hydrogen) atoms. The number of amides is 1. The molecule has 1 N–H and O–H groups in total. The number of carbonyl (C=O) groups is 1. The molecule has 1 aliphatic heterocycles. The fourth-order valence-corrected chi connectivity index (χ4v) is 3.82. The van der Waals surface area contributed by atoms with Gasteiger partial charge in [-0.05, 0) is 57.0 Å². The van der Waals surface area contributed by atoms with Crippen molar-refractivity contribution in [2.75, 3.05) is 19.6 Å². The summed E-state index contributed by atoms with van der Waals surface area (Å²) in [6.07, 6.45) is 7.90. The molecule has 1 heterocycles. The first-order chi connectivity index (χ1) is 7.81. The number of halogens is 1. The Kier molecular flexibility index (Phi) is 4.31. The van der Waals surface area contributed by atoms with Gasteiger partial charge >= 0.3 is 0 Å². The monoisotopic (exact) mass is 258 g/mol. The van der Waals surface area contributed by atoms with Crippen LogP contribution in [0.3, 0.4) is 0 Å². The summed E-state index contributed by atoms with van der Waals surface area (Å²) >= 11 is 0. The van der Waals surface area contributed by atoms with E-state index < -0.39 is 0 Å². The highest BCUT2D eigenvalue weighted by molar-refractivity contribution is 5.85. The van der Waals surface area contributed by atoms with E-state index in [0.29, 0.717) is 12.6 Å². The Hall–Kier alpha value is -0.280. The third-order valence-electron chi connectivity index (χ3n) is 4.65. The molecular formula is C13H23ClN2O. The molecule has 3 rings (SSSR count). The highest BCUT2D eigenvalue weighted by atomic mass is 35.5. The van der Waals surface area contributed by atoms with Crippen LogP contribution in [0, 0.1) is 11.8 Å². The van der Waals surface area contributed by atoms with Crippen LogP contribution in [0.1, 0.15) is 38.5 Å². The Balaban J connectivity index is 0.00000108. The van der Waals surface area contributed by atoms with E-state index in [-0.39, 0.29) is 18.3 Å². The Morgan fingerprint density at radius 2 is 1.94 bits per heavy atom. The molecule has 2 bridgehead atoms. The van der Waals surface area contributed by atoms with Crippen LogP contribution in [0.15, 0.2) is 0 Å². The molecular weight excluding hydrogens is 236 g/mol. The zero-order valence-electron chi connectivity index (χ0n) is 10.4. The number of likely N-dealkylation sites (tertiary alicyclic amines) is 1. The standard InChI is InChI=1S/C13H22N2O.ClH/c16-13(9-15-5-1-2-6-15)14-12-8-10-3-4-11(12)7-10;/h10-12H,1-9H2,(H,14,16);1H. The first-order valence-corrected chi connectivity index (χ1v) is 6.83. The molecule has 1 amide bonds. The highest BCUT2D eigenvalue weighted by Crippen LogP contribution is 2.44. The minimum absolute atomic E-state index is 0. The molecule has 0 radical (unpaired) electrons. The number of carbonyl (C=O) groups excluding carboxylic acids is 1. The van der Waals surface area contributed by atoms with Gasteiger partial charge in [0.25, 0.3) is 0 Å². The SMILES string of the molecule is Cl.O=C(CN1CCCC1)NC1CC2CCC1C2. The Morgan fingerprint density at radius 1 is 1.18 bits per heavy atom. The molecule has 3 unspecified atom stereocenters. The summed E-state index contributed by atoms with van der Waals surface area (Å²) < 4.78 is 0. The van der Waals surface area contributed by atoms with E-state index in [2.05, 4.69) is 10.2 Å². The molecule has 3 nitrogen and oxygen atoms in total. The smallest absolute Gasteiger partial charge is 0.234 e. The number of nitrogens with zero attached hydrogens (tertiary/aromatic N) is 1. The number of rotatable bonds is 3. The molecule has 0 aromatic rings. The van der Waals surface area contributed by atoms with Crippen molar-refractivity contribution in [1.29, 1.82) is 0 Å². The van der Waals surface area contributed by atoms with Crippen LogP contribution in [0.5, 0.6) is 0 Å². The van der Waals surface area contributed by atoms with E-state index >= 15 is 0 Å². The van der Waals surface area contributed by atoms with Crippen LogP contribution >= 0.6 is 12.4 Å². The maximum absolute atomic E-state index is 11.9. The Labute approximate surface area is 110 Å². The highest BCUT2D eigenvalue weighted by Gasteiger charge is 2.40. The first-order valence-electron chi connectivity index (χ1n) is 6.83. The topological polar surface area (TPSA) is 32.3 Å². The molecule has 0 aromatic carbocycles. The van der Waals surface area contributed by atoms with Crippen molar-refractivity contribution in [3.05, 3.63) is 0 Å². The van der Waals surface area contributed by atoms with Gasteiger partial charge in [0, 0.05) is 6.04 Å². The van der Waals surface area contributed by atoms with Crippen LogP contribution < -0.4 is 5.32 Å².